The first-order valence-electron chi connectivity index (χ1n) is 9.00. The quantitative estimate of drug-likeness (QED) is 0.564. The van der Waals surface area contributed by atoms with Crippen LogP contribution in [0, 0.1) is 0 Å². The highest BCUT2D eigenvalue weighted by atomic mass is 15.1. The summed E-state index contributed by atoms with van der Waals surface area (Å²) in [5.74, 6) is 0. The van der Waals surface area contributed by atoms with Crippen LogP contribution in [0.25, 0.3) is 21.8 Å². The summed E-state index contributed by atoms with van der Waals surface area (Å²) in [5.41, 5.74) is 4.13. The maximum absolute atomic E-state index is 2.57. The number of para-hydroxylation sites is 1. The van der Waals surface area contributed by atoms with E-state index in [1.807, 2.05) is 0 Å². The highest BCUT2D eigenvalue weighted by Gasteiger charge is 2.11. The van der Waals surface area contributed by atoms with Gasteiger partial charge < -0.3 is 4.57 Å². The Morgan fingerprint density at radius 2 is 1.52 bits per heavy atom. The van der Waals surface area contributed by atoms with E-state index in [2.05, 4.69) is 72.7 Å². The predicted octanol–water partition coefficient (Wildman–Crippen LogP) is 5.44. The minimum absolute atomic E-state index is 1.02. The van der Waals surface area contributed by atoms with Gasteiger partial charge in [-0.25, -0.2) is 0 Å². The third-order valence-electron chi connectivity index (χ3n) is 4.64. The Kier molecular flexibility index (Phi) is 5.02. The van der Waals surface area contributed by atoms with E-state index in [0.29, 0.717) is 0 Å². The monoisotopic (exact) mass is 308 g/mol. The number of hydrogen-bond acceptors (Lipinski definition) is 1. The van der Waals surface area contributed by atoms with Crippen LogP contribution in [0.2, 0.25) is 0 Å². The zero-order valence-electron chi connectivity index (χ0n) is 14.7. The van der Waals surface area contributed by atoms with Crippen LogP contribution in [0.5, 0.6) is 0 Å². The van der Waals surface area contributed by atoms with E-state index < -0.39 is 0 Å². The average molecular weight is 308 g/mol. The molecule has 0 fully saturated rings. The molecule has 0 unspecified atom stereocenters. The summed E-state index contributed by atoms with van der Waals surface area (Å²) < 4.78 is 2.42. The molecule has 0 saturated heterocycles. The van der Waals surface area contributed by atoms with Crippen molar-refractivity contribution in [3.8, 4) is 0 Å². The first-order chi connectivity index (χ1) is 11.3. The Hall–Kier alpha value is -1.80. The molecule has 0 atom stereocenters. The van der Waals surface area contributed by atoms with E-state index in [1.165, 1.54) is 53.3 Å². The maximum Gasteiger partial charge on any atom is 0.0491 e. The van der Waals surface area contributed by atoms with Gasteiger partial charge in [0.25, 0.3) is 0 Å². The van der Waals surface area contributed by atoms with Gasteiger partial charge in [-0.3, -0.25) is 4.90 Å². The van der Waals surface area contributed by atoms with Crippen molar-refractivity contribution >= 4 is 21.8 Å². The lowest BCUT2D eigenvalue weighted by molar-refractivity contribution is 0.266. The number of fused-ring (bicyclic) bond motifs is 3. The molecule has 0 amide bonds. The highest BCUT2D eigenvalue weighted by molar-refractivity contribution is 6.08. The number of benzene rings is 2. The van der Waals surface area contributed by atoms with Crippen LogP contribution in [-0.2, 0) is 13.1 Å². The van der Waals surface area contributed by atoms with Gasteiger partial charge in [-0.05, 0) is 56.6 Å². The molecular weight excluding hydrogens is 280 g/mol. The van der Waals surface area contributed by atoms with Crippen molar-refractivity contribution in [2.75, 3.05) is 13.1 Å². The molecule has 0 aliphatic carbocycles. The fraction of sp³-hybridized carbons (Fsp3) is 0.429. The molecule has 122 valence electrons. The van der Waals surface area contributed by atoms with Crippen molar-refractivity contribution in [3.05, 3.63) is 48.0 Å². The van der Waals surface area contributed by atoms with Crippen molar-refractivity contribution in [1.29, 1.82) is 0 Å². The summed E-state index contributed by atoms with van der Waals surface area (Å²) in [6, 6.07) is 15.8. The van der Waals surface area contributed by atoms with Gasteiger partial charge in [0, 0.05) is 34.9 Å². The highest BCUT2D eigenvalue weighted by Crippen LogP contribution is 2.30. The Morgan fingerprint density at radius 1 is 0.826 bits per heavy atom. The Balaban J connectivity index is 2.03. The standard InChI is InChI=1S/C21H28N2/c1-4-13-22(14-5-2)16-17-11-12-21-19(15-17)18-9-7-8-10-20(18)23(21)6-3/h7-12,15H,4-6,13-14,16H2,1-3H3. The average Bonchev–Trinajstić information content (AvgIpc) is 2.88. The van der Waals surface area contributed by atoms with Crippen molar-refractivity contribution in [2.24, 2.45) is 0 Å². The zero-order valence-corrected chi connectivity index (χ0v) is 14.7. The minimum atomic E-state index is 1.02. The second-order valence-electron chi connectivity index (χ2n) is 6.39. The smallest absolute Gasteiger partial charge is 0.0491 e. The normalized spacial score (nSPS) is 11.8. The summed E-state index contributed by atoms with van der Waals surface area (Å²) in [6.45, 7) is 11.2. The molecule has 3 aromatic rings. The molecule has 23 heavy (non-hydrogen) atoms. The molecule has 0 radical (unpaired) electrons. The molecule has 2 heteroatoms. The summed E-state index contributed by atoms with van der Waals surface area (Å²) in [4.78, 5) is 2.57. The van der Waals surface area contributed by atoms with Crippen molar-refractivity contribution in [1.82, 2.24) is 9.47 Å². The molecule has 2 nitrogen and oxygen atoms in total. The van der Waals surface area contributed by atoms with Crippen LogP contribution in [0.3, 0.4) is 0 Å². The molecule has 0 saturated carbocycles. The molecule has 0 bridgehead atoms. The van der Waals surface area contributed by atoms with Crippen LogP contribution in [-0.4, -0.2) is 22.6 Å². The largest absolute Gasteiger partial charge is 0.341 e. The lowest BCUT2D eigenvalue weighted by Gasteiger charge is -2.21. The van der Waals surface area contributed by atoms with E-state index in [0.717, 1.165) is 13.1 Å². The van der Waals surface area contributed by atoms with Gasteiger partial charge in [-0.1, -0.05) is 38.1 Å². The van der Waals surface area contributed by atoms with E-state index in [4.69, 9.17) is 0 Å². The molecule has 0 spiro atoms. The Bertz CT molecular complexity index is 779. The fourth-order valence-corrected chi connectivity index (χ4v) is 3.70. The topological polar surface area (TPSA) is 8.17 Å². The van der Waals surface area contributed by atoms with Crippen LogP contribution in [0.1, 0.15) is 39.2 Å². The van der Waals surface area contributed by atoms with Gasteiger partial charge in [0.15, 0.2) is 0 Å². The molecule has 1 aromatic heterocycles. The second-order valence-corrected chi connectivity index (χ2v) is 6.39. The molecule has 3 rings (SSSR count). The molecule has 0 N–H and O–H groups in total. The molecule has 1 heterocycles. The fourth-order valence-electron chi connectivity index (χ4n) is 3.70. The van der Waals surface area contributed by atoms with Crippen LogP contribution < -0.4 is 0 Å². The first-order valence-corrected chi connectivity index (χ1v) is 9.00. The second kappa shape index (κ2) is 7.18. The lowest BCUT2D eigenvalue weighted by Crippen LogP contribution is -2.24. The number of aryl methyl sites for hydroxylation is 1. The molecule has 0 aliphatic heterocycles. The van der Waals surface area contributed by atoms with E-state index >= 15 is 0 Å². The van der Waals surface area contributed by atoms with Gasteiger partial charge in [0.2, 0.25) is 0 Å². The van der Waals surface area contributed by atoms with Gasteiger partial charge in [0.1, 0.15) is 0 Å². The first kappa shape index (κ1) is 16.1. The van der Waals surface area contributed by atoms with Gasteiger partial charge in [-0.15, -0.1) is 0 Å². The van der Waals surface area contributed by atoms with E-state index in [9.17, 15) is 0 Å². The molecule has 0 aliphatic rings. The van der Waals surface area contributed by atoms with Gasteiger partial charge >= 0.3 is 0 Å². The maximum atomic E-state index is 2.57. The van der Waals surface area contributed by atoms with Gasteiger partial charge in [-0.2, -0.15) is 0 Å². The lowest BCUT2D eigenvalue weighted by atomic mass is 10.1. The number of hydrogen-bond donors (Lipinski definition) is 0. The summed E-state index contributed by atoms with van der Waals surface area (Å²) >= 11 is 0. The molecule has 2 aromatic carbocycles. The van der Waals surface area contributed by atoms with E-state index in [-0.39, 0.29) is 0 Å². The Labute approximate surface area is 139 Å². The van der Waals surface area contributed by atoms with Crippen molar-refractivity contribution in [2.45, 2.75) is 46.7 Å². The number of aromatic nitrogens is 1. The molecular formula is C21H28N2. The summed E-state index contributed by atoms with van der Waals surface area (Å²) in [7, 11) is 0. The van der Waals surface area contributed by atoms with Crippen LogP contribution in [0.15, 0.2) is 42.5 Å². The third kappa shape index (κ3) is 3.13. The minimum Gasteiger partial charge on any atom is -0.341 e. The van der Waals surface area contributed by atoms with Crippen LogP contribution in [0.4, 0.5) is 0 Å². The Morgan fingerprint density at radius 3 is 2.22 bits per heavy atom. The summed E-state index contributed by atoms with van der Waals surface area (Å²) in [6.07, 6.45) is 2.44. The number of rotatable bonds is 7. The predicted molar refractivity (Wildman–Crippen MR) is 101 cm³/mol. The summed E-state index contributed by atoms with van der Waals surface area (Å²) in [5, 5.41) is 2.77. The zero-order chi connectivity index (χ0) is 16.2. The van der Waals surface area contributed by atoms with E-state index in [1.54, 1.807) is 0 Å². The number of nitrogens with zero attached hydrogens (tertiary/aromatic N) is 2. The van der Waals surface area contributed by atoms with Crippen molar-refractivity contribution < 1.29 is 0 Å². The third-order valence-corrected chi connectivity index (χ3v) is 4.64. The van der Waals surface area contributed by atoms with Gasteiger partial charge in [0.05, 0.1) is 0 Å². The SMILES string of the molecule is CCCN(CCC)Cc1ccc2c(c1)c1ccccc1n2CC. The van der Waals surface area contributed by atoms with Crippen LogP contribution >= 0.6 is 0 Å². The van der Waals surface area contributed by atoms with Crippen molar-refractivity contribution in [3.63, 3.8) is 0 Å².